The molecule has 0 saturated carbocycles. The molecule has 1 amide bonds. The standard InChI is InChI=1S/C20H24N4OS/c1-2-18(16-8-7-14-5-3-4-6-15(14)11-16)24-19(25)17(12-21)13-23-20-22-9-10-26-20/h7-8,11,13,18H,2-6,9-10H2,1H3,(H,22,23)(H,24,25)/b17-13-. The Labute approximate surface area is 159 Å². The first-order chi connectivity index (χ1) is 12.7. The normalized spacial score (nSPS) is 17.7. The number of nitrogens with zero attached hydrogens (tertiary/aromatic N) is 2. The first-order valence-corrected chi connectivity index (χ1v) is 10.2. The van der Waals surface area contributed by atoms with E-state index in [4.69, 9.17) is 0 Å². The van der Waals surface area contributed by atoms with Gasteiger partial charge in [0.1, 0.15) is 11.6 Å². The van der Waals surface area contributed by atoms with Gasteiger partial charge in [-0.05, 0) is 48.8 Å². The number of amidine groups is 1. The summed E-state index contributed by atoms with van der Waals surface area (Å²) < 4.78 is 0. The summed E-state index contributed by atoms with van der Waals surface area (Å²) in [6, 6.07) is 8.41. The predicted molar refractivity (Wildman–Crippen MR) is 106 cm³/mol. The summed E-state index contributed by atoms with van der Waals surface area (Å²) >= 11 is 1.59. The maximum Gasteiger partial charge on any atom is 0.263 e. The van der Waals surface area contributed by atoms with Crippen molar-refractivity contribution >= 4 is 22.8 Å². The third-order valence-corrected chi connectivity index (χ3v) is 5.69. The molecule has 1 aliphatic carbocycles. The summed E-state index contributed by atoms with van der Waals surface area (Å²) in [5, 5.41) is 16.0. The molecule has 136 valence electrons. The van der Waals surface area contributed by atoms with Crippen LogP contribution in [0.3, 0.4) is 0 Å². The first kappa shape index (κ1) is 18.5. The largest absolute Gasteiger partial charge is 0.345 e. The van der Waals surface area contributed by atoms with Crippen LogP contribution in [-0.4, -0.2) is 23.4 Å². The number of amides is 1. The van der Waals surface area contributed by atoms with Crippen molar-refractivity contribution in [3.63, 3.8) is 0 Å². The number of carbonyl (C=O) groups is 1. The molecule has 1 heterocycles. The number of benzene rings is 1. The molecule has 0 radical (unpaired) electrons. The first-order valence-electron chi connectivity index (χ1n) is 9.18. The molecule has 1 aliphatic heterocycles. The molecule has 1 unspecified atom stereocenters. The van der Waals surface area contributed by atoms with Gasteiger partial charge in [-0.3, -0.25) is 9.79 Å². The van der Waals surface area contributed by atoms with Crippen molar-refractivity contribution in [2.75, 3.05) is 12.3 Å². The fourth-order valence-corrected chi connectivity index (χ4v) is 4.03. The highest BCUT2D eigenvalue weighted by Gasteiger charge is 2.18. The van der Waals surface area contributed by atoms with Gasteiger partial charge in [0.05, 0.1) is 12.6 Å². The SMILES string of the molecule is CCC(NC(=O)/C(C#N)=C\NC1=NCCS1)c1ccc2c(c1)CCCC2. The van der Waals surface area contributed by atoms with E-state index >= 15 is 0 Å². The Morgan fingerprint density at radius 2 is 2.19 bits per heavy atom. The summed E-state index contributed by atoms with van der Waals surface area (Å²) in [6.45, 7) is 2.81. The van der Waals surface area contributed by atoms with Crippen molar-refractivity contribution < 1.29 is 4.79 Å². The third kappa shape index (κ3) is 4.47. The van der Waals surface area contributed by atoms with Crippen LogP contribution in [0.25, 0.3) is 0 Å². The van der Waals surface area contributed by atoms with Crippen molar-refractivity contribution in [2.45, 2.75) is 45.1 Å². The molecule has 0 fully saturated rings. The molecule has 1 aromatic carbocycles. The molecule has 0 saturated heterocycles. The Morgan fingerprint density at radius 3 is 2.88 bits per heavy atom. The lowest BCUT2D eigenvalue weighted by atomic mass is 9.88. The molecule has 0 aromatic heterocycles. The molecule has 5 nitrogen and oxygen atoms in total. The third-order valence-electron chi connectivity index (χ3n) is 4.78. The zero-order chi connectivity index (χ0) is 18.4. The maximum absolute atomic E-state index is 12.5. The lowest BCUT2D eigenvalue weighted by Crippen LogP contribution is -2.30. The van der Waals surface area contributed by atoms with Gasteiger partial charge in [-0.15, -0.1) is 0 Å². The van der Waals surface area contributed by atoms with Gasteiger partial charge in [-0.25, -0.2) is 0 Å². The summed E-state index contributed by atoms with van der Waals surface area (Å²) in [4.78, 5) is 16.8. The van der Waals surface area contributed by atoms with E-state index in [2.05, 4.69) is 33.8 Å². The Bertz CT molecular complexity index is 779. The second-order valence-corrected chi connectivity index (χ2v) is 7.60. The number of fused-ring (bicyclic) bond motifs is 1. The zero-order valence-electron chi connectivity index (χ0n) is 15.0. The Kier molecular flexibility index (Phi) is 6.35. The van der Waals surface area contributed by atoms with Gasteiger partial charge in [-0.2, -0.15) is 5.26 Å². The van der Waals surface area contributed by atoms with E-state index in [-0.39, 0.29) is 17.5 Å². The van der Waals surface area contributed by atoms with Crippen LogP contribution >= 0.6 is 11.8 Å². The number of nitrogens with one attached hydrogen (secondary N) is 2. The molecule has 2 aliphatic rings. The fraction of sp³-hybridized carbons (Fsp3) is 0.450. The monoisotopic (exact) mass is 368 g/mol. The number of aliphatic imine (C=N–C) groups is 1. The minimum atomic E-state index is -0.354. The Balaban J connectivity index is 1.69. The molecule has 0 spiro atoms. The van der Waals surface area contributed by atoms with Crippen molar-refractivity contribution in [3.05, 3.63) is 46.7 Å². The highest BCUT2D eigenvalue weighted by atomic mass is 32.2. The molecule has 1 aromatic rings. The molecular formula is C20H24N4OS. The smallest absolute Gasteiger partial charge is 0.263 e. The Hall–Kier alpha value is -2.26. The quantitative estimate of drug-likeness (QED) is 0.618. The number of hydrogen-bond donors (Lipinski definition) is 2. The van der Waals surface area contributed by atoms with E-state index in [1.54, 1.807) is 11.8 Å². The fourth-order valence-electron chi connectivity index (χ4n) is 3.33. The second-order valence-electron chi connectivity index (χ2n) is 6.52. The van der Waals surface area contributed by atoms with E-state index in [0.29, 0.717) is 0 Å². The van der Waals surface area contributed by atoms with E-state index in [9.17, 15) is 10.1 Å². The lowest BCUT2D eigenvalue weighted by Gasteiger charge is -2.21. The van der Waals surface area contributed by atoms with Crippen molar-refractivity contribution in [2.24, 2.45) is 4.99 Å². The minimum absolute atomic E-state index is 0.0663. The van der Waals surface area contributed by atoms with E-state index in [1.165, 1.54) is 30.2 Å². The van der Waals surface area contributed by atoms with Crippen LogP contribution in [-0.2, 0) is 17.6 Å². The van der Waals surface area contributed by atoms with Crippen LogP contribution in [0.1, 0.15) is 48.9 Å². The van der Waals surface area contributed by atoms with Crippen LogP contribution in [0.15, 0.2) is 35.0 Å². The number of rotatable bonds is 5. The Morgan fingerprint density at radius 1 is 1.38 bits per heavy atom. The highest BCUT2D eigenvalue weighted by Crippen LogP contribution is 2.26. The van der Waals surface area contributed by atoms with Gasteiger partial charge >= 0.3 is 0 Å². The number of aryl methyl sites for hydroxylation is 2. The minimum Gasteiger partial charge on any atom is -0.345 e. The van der Waals surface area contributed by atoms with E-state index < -0.39 is 0 Å². The van der Waals surface area contributed by atoms with Crippen LogP contribution in [0.2, 0.25) is 0 Å². The summed E-state index contributed by atoms with van der Waals surface area (Å²) in [5.74, 6) is 0.577. The van der Waals surface area contributed by atoms with Gasteiger partial charge in [0.25, 0.3) is 5.91 Å². The highest BCUT2D eigenvalue weighted by molar-refractivity contribution is 8.14. The molecule has 6 heteroatoms. The number of nitriles is 1. The average Bonchev–Trinajstić information content (AvgIpc) is 3.19. The molecule has 2 N–H and O–H groups in total. The lowest BCUT2D eigenvalue weighted by molar-refractivity contribution is -0.117. The molecule has 26 heavy (non-hydrogen) atoms. The predicted octanol–water partition coefficient (Wildman–Crippen LogP) is 3.23. The average molecular weight is 369 g/mol. The zero-order valence-corrected chi connectivity index (χ0v) is 15.9. The van der Waals surface area contributed by atoms with Crippen molar-refractivity contribution in [1.29, 1.82) is 5.26 Å². The van der Waals surface area contributed by atoms with Gasteiger partial charge in [0.2, 0.25) is 0 Å². The van der Waals surface area contributed by atoms with Crippen LogP contribution in [0.4, 0.5) is 0 Å². The van der Waals surface area contributed by atoms with Crippen molar-refractivity contribution in [3.8, 4) is 6.07 Å². The van der Waals surface area contributed by atoms with Gasteiger partial charge in [0.15, 0.2) is 5.17 Å². The van der Waals surface area contributed by atoms with Crippen LogP contribution in [0.5, 0.6) is 0 Å². The van der Waals surface area contributed by atoms with Gasteiger partial charge in [0, 0.05) is 12.0 Å². The van der Waals surface area contributed by atoms with E-state index in [1.807, 2.05) is 13.0 Å². The molecule has 3 rings (SSSR count). The summed E-state index contributed by atoms with van der Waals surface area (Å²) in [7, 11) is 0. The number of thioether (sulfide) groups is 1. The van der Waals surface area contributed by atoms with Crippen molar-refractivity contribution in [1.82, 2.24) is 10.6 Å². The van der Waals surface area contributed by atoms with Gasteiger partial charge < -0.3 is 10.6 Å². The van der Waals surface area contributed by atoms with E-state index in [0.717, 1.165) is 42.3 Å². The van der Waals surface area contributed by atoms with Gasteiger partial charge in [-0.1, -0.05) is 36.9 Å². The maximum atomic E-state index is 12.5. The van der Waals surface area contributed by atoms with Crippen LogP contribution < -0.4 is 10.6 Å². The molecular weight excluding hydrogens is 344 g/mol. The summed E-state index contributed by atoms with van der Waals surface area (Å²) in [5.41, 5.74) is 4.01. The van der Waals surface area contributed by atoms with Crippen LogP contribution in [0, 0.1) is 11.3 Å². The number of hydrogen-bond acceptors (Lipinski definition) is 5. The topological polar surface area (TPSA) is 77.3 Å². The molecule has 1 atom stereocenters. The molecule has 0 bridgehead atoms. The summed E-state index contributed by atoms with van der Waals surface area (Å²) in [6.07, 6.45) is 6.97. The number of carbonyl (C=O) groups excluding carboxylic acids is 1. The second kappa shape index (κ2) is 8.91.